The number of H-pyrrole nitrogens is 2. The van der Waals surface area contributed by atoms with Crippen molar-refractivity contribution in [3.63, 3.8) is 0 Å². The Kier molecular flexibility index (Phi) is 22.2. The Bertz CT molecular complexity index is 5020. The van der Waals surface area contributed by atoms with E-state index < -0.39 is 48.0 Å². The maximum absolute atomic E-state index is 14.4. The molecule has 0 saturated carbocycles. The summed E-state index contributed by atoms with van der Waals surface area (Å²) in [6.45, 7) is 2.18. The van der Waals surface area contributed by atoms with Gasteiger partial charge in [-0.05, 0) is 56.6 Å². The van der Waals surface area contributed by atoms with Crippen molar-refractivity contribution in [2.45, 2.75) is 51.1 Å². The molecule has 22 nitrogen and oxygen atoms in total. The zero-order chi connectivity index (χ0) is 70.9. The molecule has 10 aromatic heterocycles. The Hall–Kier alpha value is -12.7. The van der Waals surface area contributed by atoms with E-state index in [9.17, 15) is 29.7 Å². The van der Waals surface area contributed by atoms with Gasteiger partial charge in [0.25, 0.3) is 11.4 Å². The van der Waals surface area contributed by atoms with Gasteiger partial charge in [0.1, 0.15) is 59.9 Å². The number of aromatic amines is 2. The summed E-state index contributed by atoms with van der Waals surface area (Å²) in [5, 5.41) is 50.5. The highest BCUT2D eigenvalue weighted by Gasteiger charge is 2.27. The number of aliphatic hydroxyl groups excluding tert-OH is 3. The van der Waals surface area contributed by atoms with Crippen LogP contribution in [0.15, 0.2) is 267 Å². The van der Waals surface area contributed by atoms with Crippen molar-refractivity contribution in [2.24, 2.45) is 38.2 Å². The van der Waals surface area contributed by atoms with Gasteiger partial charge in [0.05, 0.1) is 46.0 Å². The fourth-order valence-corrected chi connectivity index (χ4v) is 11.8. The molecule has 0 radical (unpaired) electrons. The summed E-state index contributed by atoms with van der Waals surface area (Å²) in [5.41, 5.74) is 10.9. The summed E-state index contributed by atoms with van der Waals surface area (Å²) < 4.78 is 15.6. The molecule has 2 atom stereocenters. The van der Waals surface area contributed by atoms with Gasteiger partial charge in [-0.2, -0.15) is 14.5 Å². The van der Waals surface area contributed by atoms with Crippen molar-refractivity contribution in [3.05, 3.63) is 284 Å². The number of aliphatic hydroxyl groups is 3. The highest BCUT2D eigenvalue weighted by molar-refractivity contribution is 6.09. The van der Waals surface area contributed by atoms with Crippen molar-refractivity contribution in [1.82, 2.24) is 0 Å². The fraction of sp³-hybridized carbons (Fsp3) is 0.200. The van der Waals surface area contributed by atoms with Gasteiger partial charge in [-0.1, -0.05) is 43.9 Å². The lowest BCUT2D eigenvalue weighted by atomic mass is 10.0. The molecule has 0 saturated heterocycles. The van der Waals surface area contributed by atoms with Gasteiger partial charge in [-0.25, -0.2) is 46.9 Å². The second-order valence-electron chi connectivity index (χ2n) is 25.0. The van der Waals surface area contributed by atoms with Crippen LogP contribution in [0.3, 0.4) is 0 Å². The maximum Gasteiger partial charge on any atom is 0.335 e. The molecule has 6 N–H and O–H groups in total. The van der Waals surface area contributed by atoms with E-state index in [4.69, 9.17) is 0 Å². The van der Waals surface area contributed by atoms with Crippen molar-refractivity contribution in [1.29, 1.82) is 0 Å². The molecule has 3 amide bonds. The first-order valence-corrected chi connectivity index (χ1v) is 33.8. The number of pyridine rings is 10. The third-order valence-electron chi connectivity index (χ3n) is 17.6. The number of para-hydroxylation sites is 2. The molecule has 0 unspecified atom stereocenters. The standard InChI is InChI=1S/C80H76N16O6/c1-89-33-13-57(14-34-89)61-21-41-93(42-22-61)49-29-81-75(97)55-73(79(101)83-31-51-95-45-25-63(26-46-95)59-17-37-91(3)38-18-59)87-77(99)67-53-71(85-69-11-7-5-9-65(67)69)72-54-68(66-10-6-8-12-70(66)86-72)78(100)88-74(80(102)84-32-52-96-47-27-64(28-48-96)60-19-39-92(4)40-20-60)56-76(98)82-30-50-94-43-23-62(24-44-94)58-15-35-90(2)36-16-58/h5-28,33-48,53-54,73-74H,29-32,49-52,55-56H2,1-4H3/q+2/p+6/t73-,74-/m0/s1. The first-order valence-electron chi connectivity index (χ1n) is 33.8. The van der Waals surface area contributed by atoms with E-state index in [2.05, 4.69) is 53.0 Å². The zero-order valence-corrected chi connectivity index (χ0v) is 57.4. The van der Waals surface area contributed by atoms with Gasteiger partial charge >= 0.3 is 5.90 Å². The minimum Gasteiger partial charge on any atom is -0.648 e. The lowest BCUT2D eigenvalue weighted by Gasteiger charge is -2.25. The molecule has 0 aliphatic rings. The van der Waals surface area contributed by atoms with Gasteiger partial charge in [-0.15, -0.1) is 0 Å². The van der Waals surface area contributed by atoms with Crippen LogP contribution in [0.4, 0.5) is 0 Å². The van der Waals surface area contributed by atoms with Gasteiger partial charge in [0, 0.05) is 128 Å². The first kappa shape index (κ1) is 69.2. The van der Waals surface area contributed by atoms with Crippen LogP contribution in [-0.2, 0) is 68.8 Å². The molecule has 12 aromatic rings. The number of carbonyl (C=O) groups excluding carboxylic acids is 3. The van der Waals surface area contributed by atoms with Gasteiger partial charge in [0.15, 0.2) is 99.1 Å². The van der Waals surface area contributed by atoms with Gasteiger partial charge < -0.3 is 45.7 Å². The van der Waals surface area contributed by atoms with Crippen LogP contribution in [0.2, 0.25) is 0 Å². The molecular formula is C80H82N16O6+8. The number of aromatic nitrogens is 10. The molecule has 0 aliphatic carbocycles. The monoisotopic (exact) mass is 1360 g/mol. The molecule has 10 heterocycles. The molecule has 102 heavy (non-hydrogen) atoms. The maximum atomic E-state index is 14.4. The van der Waals surface area contributed by atoms with E-state index in [0.717, 1.165) is 44.5 Å². The van der Waals surface area contributed by atoms with Crippen molar-refractivity contribution < 1.29 is 81.2 Å². The number of fused-ring (bicyclic) bond motifs is 2. The summed E-state index contributed by atoms with van der Waals surface area (Å²) >= 11 is 0. The van der Waals surface area contributed by atoms with Crippen LogP contribution in [-0.4, -0.2) is 89.0 Å². The Morgan fingerprint density at radius 2 is 0.686 bits per heavy atom. The average Bonchev–Trinajstić information content (AvgIpc) is 0.777. The minimum atomic E-state index is -1.45. The Balaban J connectivity index is 0.806. The van der Waals surface area contributed by atoms with Crippen LogP contribution in [0.5, 0.6) is 0 Å². The number of nitrogens with one attached hydrogen (secondary N) is 3. The third-order valence-corrected chi connectivity index (χ3v) is 17.6. The van der Waals surface area contributed by atoms with Crippen molar-refractivity contribution >= 4 is 57.2 Å². The Morgan fingerprint density at radius 1 is 0.392 bits per heavy atom. The van der Waals surface area contributed by atoms with E-state index in [0.29, 0.717) is 65.9 Å². The van der Waals surface area contributed by atoms with E-state index in [1.807, 2.05) is 279 Å². The van der Waals surface area contributed by atoms with Crippen LogP contribution < -0.4 is 51.5 Å². The van der Waals surface area contributed by atoms with Crippen molar-refractivity contribution in [2.75, 3.05) is 26.2 Å². The number of hydrogen-bond donors (Lipinski definition) is 4. The van der Waals surface area contributed by atoms with Gasteiger partial charge in [-0.3, -0.25) is 0 Å². The van der Waals surface area contributed by atoms with E-state index in [1.54, 1.807) is 30.3 Å². The van der Waals surface area contributed by atoms with E-state index in [1.165, 1.54) is 0 Å². The summed E-state index contributed by atoms with van der Waals surface area (Å²) in [7, 11) is 7.87. The van der Waals surface area contributed by atoms with Crippen LogP contribution in [0.1, 0.15) is 24.0 Å². The number of benzene rings is 2. The molecule has 0 spiro atoms. The number of carbonyl (C=O) groups is 3. The topological polar surface area (TPSA) is 252 Å². The summed E-state index contributed by atoms with van der Waals surface area (Å²) in [5.74, 6) is -3.20. The van der Waals surface area contributed by atoms with Gasteiger partial charge in [0.2, 0.25) is 35.9 Å². The highest BCUT2D eigenvalue weighted by atomic mass is 16.3. The van der Waals surface area contributed by atoms with Crippen molar-refractivity contribution in [3.8, 4) is 55.9 Å². The number of nitrogens with zero attached hydrogens (tertiary/aromatic N) is 13. The zero-order valence-electron chi connectivity index (χ0n) is 57.4. The fourth-order valence-electron chi connectivity index (χ4n) is 11.8. The molecule has 12 rings (SSSR count). The smallest absolute Gasteiger partial charge is 0.335 e. The SMILES string of the molecule is C[n+]1ccc(-c2cc[n+](CC[N-]C(=O)C[C@H](N=C(O)c3cc(-c4cc(C(O)=N[C@@H](CC(O)=[NH+]CC[n+]5ccc(-c6cc[n+](C)cc6)cc5)C(=O)[N-]CC[n+]5ccc(-c6cc[n+](C)cc6)cc5)c5ccccc5[nH+]4)[nH+]c4ccccc34)C(=O)[N-]CC[n+]3ccc(-c4cc[n+](C)cc4)cc3)cc2)cc1. The van der Waals surface area contributed by atoms with E-state index in [-0.39, 0.29) is 43.1 Å². The predicted octanol–water partition coefficient (Wildman–Crippen LogP) is 5.07. The minimum absolute atomic E-state index is 0.0628. The average molecular weight is 1360 g/mol. The molecule has 2 aromatic carbocycles. The number of aliphatic imine (C=N–C) groups is 2. The number of amides is 3. The quantitative estimate of drug-likeness (QED) is 0.0311. The van der Waals surface area contributed by atoms with Crippen LogP contribution >= 0.6 is 0 Å². The normalized spacial score (nSPS) is 12.5. The predicted molar refractivity (Wildman–Crippen MR) is 381 cm³/mol. The lowest BCUT2D eigenvalue weighted by Crippen LogP contribution is -2.75. The largest absolute Gasteiger partial charge is 0.648 e. The summed E-state index contributed by atoms with van der Waals surface area (Å²) in [6.07, 6.45) is 30.6. The van der Waals surface area contributed by atoms with Crippen LogP contribution in [0, 0.1) is 0 Å². The third kappa shape index (κ3) is 18.1. The van der Waals surface area contributed by atoms with Crippen LogP contribution in [0.25, 0.3) is 93.7 Å². The molecule has 510 valence electrons. The first-order chi connectivity index (χ1) is 49.6. The molecule has 0 fully saturated rings. The molecule has 0 bridgehead atoms. The summed E-state index contributed by atoms with van der Waals surface area (Å²) in [4.78, 5) is 61.9. The molecular weight excluding hydrogens is 1280 g/mol. The van der Waals surface area contributed by atoms with E-state index >= 15 is 0 Å². The lowest BCUT2D eigenvalue weighted by molar-refractivity contribution is -0.718. The molecule has 22 heteroatoms. The molecule has 0 aliphatic heterocycles. The Morgan fingerprint density at radius 3 is 1.03 bits per heavy atom. The number of aryl methyl sites for hydroxylation is 4. The summed E-state index contributed by atoms with van der Waals surface area (Å²) in [6, 6.07) is 47.4. The highest BCUT2D eigenvalue weighted by Crippen LogP contribution is 2.27. The Labute approximate surface area is 590 Å². The number of rotatable bonds is 27. The number of hydrogen-bond acceptors (Lipinski definition) is 5. The second kappa shape index (κ2) is 32.8. The second-order valence-corrected chi connectivity index (χ2v) is 25.0.